The molecule has 5 nitrogen and oxygen atoms in total. The van der Waals surface area contributed by atoms with Crippen LogP contribution in [0.5, 0.6) is 0 Å². The summed E-state index contributed by atoms with van der Waals surface area (Å²) in [6.45, 7) is 2.37. The van der Waals surface area contributed by atoms with E-state index in [-0.39, 0.29) is 6.10 Å². The number of aldehydes is 1. The van der Waals surface area contributed by atoms with Crippen LogP contribution in [0.2, 0.25) is 0 Å². The Morgan fingerprint density at radius 1 is 1.62 bits per heavy atom. The van der Waals surface area contributed by atoms with Crippen molar-refractivity contribution >= 4 is 6.29 Å². The molecule has 0 aliphatic heterocycles. The fraction of sp³-hybridized carbons (Fsp3) is 0.727. The van der Waals surface area contributed by atoms with Gasteiger partial charge in [0.2, 0.25) is 0 Å². The molecule has 2 rings (SSSR count). The van der Waals surface area contributed by atoms with Crippen molar-refractivity contribution in [2.75, 3.05) is 0 Å². The zero-order valence-electron chi connectivity index (χ0n) is 9.46. The monoisotopic (exact) mass is 223 g/mol. The lowest BCUT2D eigenvalue weighted by atomic mass is 10.2. The van der Waals surface area contributed by atoms with Gasteiger partial charge in [0.05, 0.1) is 11.8 Å². The van der Waals surface area contributed by atoms with Gasteiger partial charge >= 0.3 is 0 Å². The highest BCUT2D eigenvalue weighted by Crippen LogP contribution is 2.32. The standard InChI is InChI=1S/C11H17N3O2/c1-8(16)4-5-14-11(6-9-2-3-9)10(7-15)12-13-14/h7-9,16H,2-6H2,1H3. The van der Waals surface area contributed by atoms with Gasteiger partial charge in [-0.3, -0.25) is 4.79 Å². The molecule has 1 N–H and O–H groups in total. The molecule has 0 aromatic carbocycles. The molecule has 1 fully saturated rings. The predicted octanol–water partition coefficient (Wildman–Crippen LogP) is 0.814. The van der Waals surface area contributed by atoms with E-state index in [1.807, 2.05) is 0 Å². The van der Waals surface area contributed by atoms with Gasteiger partial charge < -0.3 is 5.11 Å². The van der Waals surface area contributed by atoms with Crippen LogP contribution in [0.25, 0.3) is 0 Å². The van der Waals surface area contributed by atoms with Crippen LogP contribution in [0.15, 0.2) is 0 Å². The molecule has 88 valence electrons. The molecule has 0 saturated heterocycles. The molecule has 1 aliphatic carbocycles. The van der Waals surface area contributed by atoms with Crippen LogP contribution in [0, 0.1) is 5.92 Å². The number of rotatable bonds is 6. The average Bonchev–Trinajstić information content (AvgIpc) is 2.96. The van der Waals surface area contributed by atoms with Crippen molar-refractivity contribution in [2.45, 2.75) is 45.3 Å². The van der Waals surface area contributed by atoms with Crippen molar-refractivity contribution in [3.05, 3.63) is 11.4 Å². The highest BCUT2D eigenvalue weighted by atomic mass is 16.3. The van der Waals surface area contributed by atoms with Crippen LogP contribution in [0.3, 0.4) is 0 Å². The zero-order valence-corrected chi connectivity index (χ0v) is 9.46. The topological polar surface area (TPSA) is 68.0 Å². The quantitative estimate of drug-likeness (QED) is 0.725. The predicted molar refractivity (Wildman–Crippen MR) is 58.1 cm³/mol. The molecule has 0 radical (unpaired) electrons. The SMILES string of the molecule is CC(O)CCn1nnc(C=O)c1CC1CC1. The summed E-state index contributed by atoms with van der Waals surface area (Å²) in [5, 5.41) is 17.1. The molecular weight excluding hydrogens is 206 g/mol. The largest absolute Gasteiger partial charge is 0.393 e. The van der Waals surface area contributed by atoms with Crippen molar-refractivity contribution in [2.24, 2.45) is 5.92 Å². The van der Waals surface area contributed by atoms with Gasteiger partial charge in [-0.05, 0) is 38.5 Å². The second-order valence-electron chi connectivity index (χ2n) is 4.55. The van der Waals surface area contributed by atoms with Crippen LogP contribution in [0.1, 0.15) is 42.4 Å². The lowest BCUT2D eigenvalue weighted by Gasteiger charge is -2.07. The third-order valence-corrected chi connectivity index (χ3v) is 2.92. The Hall–Kier alpha value is -1.23. The summed E-state index contributed by atoms with van der Waals surface area (Å²) in [5.41, 5.74) is 1.38. The Labute approximate surface area is 94.5 Å². The van der Waals surface area contributed by atoms with Gasteiger partial charge in [-0.2, -0.15) is 0 Å². The molecule has 1 atom stereocenters. The minimum absolute atomic E-state index is 0.349. The van der Waals surface area contributed by atoms with E-state index in [9.17, 15) is 9.90 Å². The minimum Gasteiger partial charge on any atom is -0.393 e. The van der Waals surface area contributed by atoms with E-state index in [2.05, 4.69) is 10.3 Å². The Bertz CT molecular complexity index is 369. The van der Waals surface area contributed by atoms with Crippen LogP contribution in [0.4, 0.5) is 0 Å². The van der Waals surface area contributed by atoms with E-state index in [4.69, 9.17) is 0 Å². The summed E-state index contributed by atoms with van der Waals surface area (Å²) in [6.07, 6.45) is 4.42. The third kappa shape index (κ3) is 2.66. The molecule has 1 aromatic heterocycles. The number of hydrogen-bond acceptors (Lipinski definition) is 4. The van der Waals surface area contributed by atoms with Crippen molar-refractivity contribution < 1.29 is 9.90 Å². The molecule has 1 heterocycles. The van der Waals surface area contributed by atoms with E-state index >= 15 is 0 Å². The number of aliphatic hydroxyl groups excluding tert-OH is 1. The fourth-order valence-corrected chi connectivity index (χ4v) is 1.73. The van der Waals surface area contributed by atoms with Gasteiger partial charge in [-0.15, -0.1) is 5.10 Å². The zero-order chi connectivity index (χ0) is 11.5. The Morgan fingerprint density at radius 3 is 2.94 bits per heavy atom. The van der Waals surface area contributed by atoms with Gasteiger partial charge in [-0.1, -0.05) is 5.21 Å². The number of aromatic nitrogens is 3. The van der Waals surface area contributed by atoms with E-state index < -0.39 is 0 Å². The van der Waals surface area contributed by atoms with Crippen LogP contribution in [-0.4, -0.2) is 32.5 Å². The molecule has 0 spiro atoms. The van der Waals surface area contributed by atoms with E-state index in [1.54, 1.807) is 11.6 Å². The molecule has 1 aromatic rings. The third-order valence-electron chi connectivity index (χ3n) is 2.92. The Balaban J connectivity index is 2.08. The summed E-state index contributed by atoms with van der Waals surface area (Å²) in [7, 11) is 0. The maximum absolute atomic E-state index is 10.8. The normalized spacial score (nSPS) is 17.4. The lowest BCUT2D eigenvalue weighted by Crippen LogP contribution is -2.12. The first kappa shape index (κ1) is 11.3. The summed E-state index contributed by atoms with van der Waals surface area (Å²) in [4.78, 5) is 10.8. The molecule has 1 saturated carbocycles. The van der Waals surface area contributed by atoms with E-state index in [1.165, 1.54) is 12.8 Å². The number of nitrogens with zero attached hydrogens (tertiary/aromatic N) is 3. The van der Waals surface area contributed by atoms with E-state index in [0.29, 0.717) is 24.6 Å². The first-order chi connectivity index (χ1) is 7.70. The summed E-state index contributed by atoms with van der Waals surface area (Å²) in [6, 6.07) is 0. The van der Waals surface area contributed by atoms with Gasteiger partial charge in [0.25, 0.3) is 0 Å². The smallest absolute Gasteiger partial charge is 0.172 e. The molecular formula is C11H17N3O2. The number of hydrogen-bond donors (Lipinski definition) is 1. The summed E-state index contributed by atoms with van der Waals surface area (Å²) >= 11 is 0. The van der Waals surface area contributed by atoms with Crippen LogP contribution >= 0.6 is 0 Å². The van der Waals surface area contributed by atoms with Gasteiger partial charge in [0, 0.05) is 6.54 Å². The van der Waals surface area contributed by atoms with Crippen LogP contribution < -0.4 is 0 Å². The minimum atomic E-state index is -0.349. The van der Waals surface area contributed by atoms with Gasteiger partial charge in [0.15, 0.2) is 6.29 Å². The average molecular weight is 223 g/mol. The molecule has 0 amide bonds. The molecule has 0 bridgehead atoms. The number of aliphatic hydroxyl groups is 1. The highest BCUT2D eigenvalue weighted by Gasteiger charge is 2.25. The van der Waals surface area contributed by atoms with Crippen molar-refractivity contribution in [3.8, 4) is 0 Å². The second kappa shape index (κ2) is 4.74. The lowest BCUT2D eigenvalue weighted by molar-refractivity contribution is 0.111. The summed E-state index contributed by atoms with van der Waals surface area (Å²) in [5.74, 6) is 0.697. The number of carbonyl (C=O) groups excluding carboxylic acids is 1. The van der Waals surface area contributed by atoms with Gasteiger partial charge in [-0.25, -0.2) is 4.68 Å². The van der Waals surface area contributed by atoms with Crippen molar-refractivity contribution in [1.82, 2.24) is 15.0 Å². The molecule has 1 aliphatic rings. The fourth-order valence-electron chi connectivity index (χ4n) is 1.73. The van der Waals surface area contributed by atoms with Crippen LogP contribution in [-0.2, 0) is 13.0 Å². The van der Waals surface area contributed by atoms with E-state index in [0.717, 1.165) is 18.4 Å². The maximum Gasteiger partial charge on any atom is 0.172 e. The Kier molecular flexibility index (Phi) is 3.33. The maximum atomic E-state index is 10.8. The molecule has 16 heavy (non-hydrogen) atoms. The molecule has 1 unspecified atom stereocenters. The number of carbonyl (C=O) groups is 1. The first-order valence-corrected chi connectivity index (χ1v) is 5.76. The number of aryl methyl sites for hydroxylation is 1. The van der Waals surface area contributed by atoms with Crippen molar-refractivity contribution in [3.63, 3.8) is 0 Å². The first-order valence-electron chi connectivity index (χ1n) is 5.76. The van der Waals surface area contributed by atoms with Gasteiger partial charge in [0.1, 0.15) is 5.69 Å². The Morgan fingerprint density at radius 2 is 2.38 bits per heavy atom. The van der Waals surface area contributed by atoms with Crippen molar-refractivity contribution in [1.29, 1.82) is 0 Å². The summed E-state index contributed by atoms with van der Waals surface area (Å²) < 4.78 is 1.76. The highest BCUT2D eigenvalue weighted by molar-refractivity contribution is 5.73. The second-order valence-corrected chi connectivity index (χ2v) is 4.55. The molecule has 5 heteroatoms.